The summed E-state index contributed by atoms with van der Waals surface area (Å²) in [5.74, 6) is 0.288. The number of anilines is 1. The number of carbonyl (C=O) groups is 2. The van der Waals surface area contributed by atoms with Gasteiger partial charge in [-0.2, -0.15) is 0 Å². The fraction of sp³-hybridized carbons (Fsp3) is 0.333. The minimum absolute atomic E-state index is 0.0902. The molecule has 0 saturated carbocycles. The Kier molecular flexibility index (Phi) is 5.84. The first-order valence-electron chi connectivity index (χ1n) is 10.5. The van der Waals surface area contributed by atoms with Crippen LogP contribution in [0.4, 0.5) is 5.69 Å². The quantitative estimate of drug-likeness (QED) is 0.570. The van der Waals surface area contributed by atoms with E-state index in [1.165, 1.54) is 0 Å². The number of amides is 2. The molecule has 0 aliphatic carbocycles. The van der Waals surface area contributed by atoms with Gasteiger partial charge < -0.3 is 25.7 Å². The van der Waals surface area contributed by atoms with Crippen LogP contribution in [0.1, 0.15) is 34.5 Å². The molecule has 1 aromatic heterocycles. The predicted molar refractivity (Wildman–Crippen MR) is 121 cm³/mol. The summed E-state index contributed by atoms with van der Waals surface area (Å²) in [4.78, 5) is 29.5. The van der Waals surface area contributed by atoms with Gasteiger partial charge in [-0.3, -0.25) is 9.59 Å². The Balaban J connectivity index is 1.39. The minimum atomic E-state index is -0.227. The van der Waals surface area contributed by atoms with E-state index < -0.39 is 0 Å². The summed E-state index contributed by atoms with van der Waals surface area (Å²) in [7, 11) is 1.63. The third-order valence-corrected chi connectivity index (χ3v) is 5.98. The van der Waals surface area contributed by atoms with E-state index in [0.717, 1.165) is 52.9 Å². The predicted octanol–water partition coefficient (Wildman–Crippen LogP) is 3.12. The number of benzene rings is 2. The summed E-state index contributed by atoms with van der Waals surface area (Å²) in [5.41, 5.74) is 10.0. The van der Waals surface area contributed by atoms with Gasteiger partial charge in [-0.15, -0.1) is 0 Å². The molecule has 0 spiro atoms. The third kappa shape index (κ3) is 4.50. The molecular formula is C24H28N4O3. The van der Waals surface area contributed by atoms with Gasteiger partial charge in [0.15, 0.2) is 0 Å². The first kappa shape index (κ1) is 20.8. The van der Waals surface area contributed by atoms with E-state index in [-0.39, 0.29) is 17.7 Å². The second kappa shape index (κ2) is 8.71. The van der Waals surface area contributed by atoms with Crippen molar-refractivity contribution in [3.05, 3.63) is 59.3 Å². The van der Waals surface area contributed by atoms with Crippen LogP contribution in [0.2, 0.25) is 0 Å². The van der Waals surface area contributed by atoms with E-state index >= 15 is 0 Å². The van der Waals surface area contributed by atoms with Crippen molar-refractivity contribution >= 4 is 28.4 Å². The van der Waals surface area contributed by atoms with Crippen molar-refractivity contribution < 1.29 is 14.3 Å². The summed E-state index contributed by atoms with van der Waals surface area (Å²) in [6.45, 7) is 4.01. The first-order valence-corrected chi connectivity index (χ1v) is 10.5. The van der Waals surface area contributed by atoms with Crippen molar-refractivity contribution in [3.63, 3.8) is 0 Å². The van der Waals surface area contributed by atoms with Crippen LogP contribution in [0.15, 0.2) is 42.5 Å². The number of nitrogens with one attached hydrogen (secondary N) is 2. The third-order valence-electron chi connectivity index (χ3n) is 5.98. The Bertz CT molecular complexity index is 1100. The number of aromatic nitrogens is 1. The van der Waals surface area contributed by atoms with Gasteiger partial charge in [0.25, 0.3) is 5.91 Å². The molecule has 1 fully saturated rings. The monoisotopic (exact) mass is 420 g/mol. The van der Waals surface area contributed by atoms with Crippen LogP contribution in [0.25, 0.3) is 10.9 Å². The number of primary amides is 1. The van der Waals surface area contributed by atoms with Crippen LogP contribution in [0, 0.1) is 12.8 Å². The highest BCUT2D eigenvalue weighted by atomic mass is 16.5. The number of aryl methyl sites for hydroxylation is 1. The van der Waals surface area contributed by atoms with E-state index in [1.807, 2.05) is 49.4 Å². The number of H-pyrrole nitrogens is 1. The maximum Gasteiger partial charge on any atom is 0.267 e. The largest absolute Gasteiger partial charge is 0.497 e. The van der Waals surface area contributed by atoms with Gasteiger partial charge in [0.1, 0.15) is 11.4 Å². The Hall–Kier alpha value is -3.48. The number of methoxy groups -OCH3 is 1. The standard InChI is InChI=1S/C24H28N4O3/c1-15-10-19(31-2)11-21-20(15)12-22(27-21)24(30)26-13-16-5-7-18(8-6-16)28-9-3-4-17(14-28)23(25)29/h5-8,10-12,17,27H,3-4,9,13-14H2,1-2H3,(H2,25,29)(H,26,30). The molecule has 1 aliphatic rings. The van der Waals surface area contributed by atoms with Crippen LogP contribution in [-0.4, -0.2) is 37.0 Å². The number of nitrogens with two attached hydrogens (primary N) is 1. The van der Waals surface area contributed by atoms with Crippen molar-refractivity contribution in [2.24, 2.45) is 11.7 Å². The van der Waals surface area contributed by atoms with Crippen molar-refractivity contribution in [3.8, 4) is 5.75 Å². The summed E-state index contributed by atoms with van der Waals surface area (Å²) in [6, 6.07) is 13.8. The van der Waals surface area contributed by atoms with Crippen molar-refractivity contribution in [2.75, 3.05) is 25.1 Å². The van der Waals surface area contributed by atoms with Crippen molar-refractivity contribution in [1.82, 2.24) is 10.3 Å². The lowest BCUT2D eigenvalue weighted by Crippen LogP contribution is -2.41. The van der Waals surface area contributed by atoms with Gasteiger partial charge in [-0.25, -0.2) is 0 Å². The molecule has 2 aromatic carbocycles. The number of rotatable bonds is 6. The lowest BCUT2D eigenvalue weighted by atomic mass is 9.97. The molecule has 162 valence electrons. The molecule has 7 nitrogen and oxygen atoms in total. The number of hydrogen-bond acceptors (Lipinski definition) is 4. The maximum atomic E-state index is 12.6. The van der Waals surface area contributed by atoms with Gasteiger partial charge in [-0.05, 0) is 55.2 Å². The zero-order chi connectivity index (χ0) is 22.0. The Morgan fingerprint density at radius 2 is 2.00 bits per heavy atom. The minimum Gasteiger partial charge on any atom is -0.497 e. The lowest BCUT2D eigenvalue weighted by molar-refractivity contribution is -0.122. The zero-order valence-electron chi connectivity index (χ0n) is 17.9. The van der Waals surface area contributed by atoms with Crippen LogP contribution in [0.5, 0.6) is 5.75 Å². The molecule has 7 heteroatoms. The molecule has 2 amide bonds. The number of aromatic amines is 1. The SMILES string of the molecule is COc1cc(C)c2cc(C(=O)NCc3ccc(N4CCCC(C(N)=O)C4)cc3)[nH]c2c1. The van der Waals surface area contributed by atoms with Gasteiger partial charge in [0.2, 0.25) is 5.91 Å². The zero-order valence-corrected chi connectivity index (χ0v) is 17.9. The van der Waals surface area contributed by atoms with Crippen molar-refractivity contribution in [2.45, 2.75) is 26.3 Å². The Morgan fingerprint density at radius 3 is 2.71 bits per heavy atom. The summed E-state index contributed by atoms with van der Waals surface area (Å²) in [6.07, 6.45) is 1.82. The van der Waals surface area contributed by atoms with Crippen LogP contribution < -0.4 is 20.7 Å². The first-order chi connectivity index (χ1) is 14.9. The Labute approximate surface area is 181 Å². The molecule has 0 bridgehead atoms. The normalized spacial score (nSPS) is 16.3. The smallest absolute Gasteiger partial charge is 0.267 e. The van der Waals surface area contributed by atoms with Crippen LogP contribution >= 0.6 is 0 Å². The average molecular weight is 421 g/mol. The second-order valence-electron chi connectivity index (χ2n) is 8.13. The van der Waals surface area contributed by atoms with E-state index in [0.29, 0.717) is 18.8 Å². The maximum absolute atomic E-state index is 12.6. The molecule has 1 saturated heterocycles. The fourth-order valence-corrected chi connectivity index (χ4v) is 4.17. The molecule has 31 heavy (non-hydrogen) atoms. The highest BCUT2D eigenvalue weighted by Crippen LogP contribution is 2.26. The number of piperidine rings is 1. The molecule has 0 radical (unpaired) electrons. The fourth-order valence-electron chi connectivity index (χ4n) is 4.17. The number of carbonyl (C=O) groups excluding carboxylic acids is 2. The van der Waals surface area contributed by atoms with Gasteiger partial charge >= 0.3 is 0 Å². The lowest BCUT2D eigenvalue weighted by Gasteiger charge is -2.33. The number of fused-ring (bicyclic) bond motifs is 1. The van der Waals surface area contributed by atoms with Gasteiger partial charge in [0.05, 0.1) is 13.0 Å². The van der Waals surface area contributed by atoms with Crippen LogP contribution in [0.3, 0.4) is 0 Å². The molecular weight excluding hydrogens is 392 g/mol. The van der Waals surface area contributed by atoms with E-state index in [1.54, 1.807) is 7.11 Å². The number of nitrogens with zero attached hydrogens (tertiary/aromatic N) is 1. The van der Waals surface area contributed by atoms with Crippen molar-refractivity contribution in [1.29, 1.82) is 0 Å². The van der Waals surface area contributed by atoms with Crippen LogP contribution in [-0.2, 0) is 11.3 Å². The second-order valence-corrected chi connectivity index (χ2v) is 8.13. The van der Waals surface area contributed by atoms with E-state index in [2.05, 4.69) is 15.2 Å². The molecule has 3 aromatic rings. The highest BCUT2D eigenvalue weighted by Gasteiger charge is 2.24. The van der Waals surface area contributed by atoms with Gasteiger partial charge in [-0.1, -0.05) is 12.1 Å². The number of hydrogen-bond donors (Lipinski definition) is 3. The molecule has 1 unspecified atom stereocenters. The molecule has 2 heterocycles. The van der Waals surface area contributed by atoms with Gasteiger partial charge in [0, 0.05) is 42.3 Å². The summed E-state index contributed by atoms with van der Waals surface area (Å²) < 4.78 is 5.30. The molecule has 1 atom stereocenters. The molecule has 4 N–H and O–H groups in total. The Morgan fingerprint density at radius 1 is 1.23 bits per heavy atom. The molecule has 1 aliphatic heterocycles. The topological polar surface area (TPSA) is 100 Å². The molecule has 4 rings (SSSR count). The average Bonchev–Trinajstić information content (AvgIpc) is 3.23. The summed E-state index contributed by atoms with van der Waals surface area (Å²) >= 11 is 0. The van der Waals surface area contributed by atoms with E-state index in [9.17, 15) is 9.59 Å². The van der Waals surface area contributed by atoms with E-state index in [4.69, 9.17) is 10.5 Å². The highest BCUT2D eigenvalue weighted by molar-refractivity contribution is 5.99. The summed E-state index contributed by atoms with van der Waals surface area (Å²) in [5, 5.41) is 3.97. The number of ether oxygens (including phenoxy) is 1.